The molecule has 0 aliphatic carbocycles. The van der Waals surface area contributed by atoms with Gasteiger partial charge in [0.05, 0.1) is 16.7 Å². The Labute approximate surface area is 150 Å². The number of oxazole rings is 1. The molecule has 1 aromatic heterocycles. The molecule has 114 valence electrons. The maximum absolute atomic E-state index is 11.5. The summed E-state index contributed by atoms with van der Waals surface area (Å²) in [7, 11) is 0. The van der Waals surface area contributed by atoms with Crippen molar-refractivity contribution in [2.45, 2.75) is 6.42 Å². The zero-order chi connectivity index (χ0) is 16.4. The molecule has 1 heterocycles. The van der Waals surface area contributed by atoms with Gasteiger partial charge in [-0.2, -0.15) is 5.26 Å². The number of halogens is 2. The minimum absolute atomic E-state index is 0.194. The smallest absolute Gasteiger partial charge is 0.238 e. The van der Waals surface area contributed by atoms with Crippen LogP contribution in [0.1, 0.15) is 6.42 Å². The number of amides is 1. The third-order valence-corrected chi connectivity index (χ3v) is 4.07. The average Bonchev–Trinajstić information content (AvgIpc) is 2.93. The SMILES string of the molecule is N#CCC(=O)Nc1ccc2oc(-c3cc(I)ccc3Cl)nc2c1. The van der Waals surface area contributed by atoms with E-state index in [0.29, 0.717) is 33.3 Å². The Balaban J connectivity index is 1.98. The molecule has 3 aromatic rings. The van der Waals surface area contributed by atoms with Gasteiger partial charge in [-0.3, -0.25) is 4.79 Å². The normalized spacial score (nSPS) is 10.5. The predicted octanol–water partition coefficient (Wildman–Crippen LogP) is 4.60. The van der Waals surface area contributed by atoms with Crippen molar-refractivity contribution in [3.63, 3.8) is 0 Å². The van der Waals surface area contributed by atoms with Crippen molar-refractivity contribution in [3.8, 4) is 17.5 Å². The van der Waals surface area contributed by atoms with Crippen molar-refractivity contribution in [2.75, 3.05) is 5.32 Å². The Morgan fingerprint density at radius 2 is 2.17 bits per heavy atom. The summed E-state index contributed by atoms with van der Waals surface area (Å²) >= 11 is 8.39. The largest absolute Gasteiger partial charge is 0.436 e. The molecular formula is C16H9ClIN3O2. The lowest BCUT2D eigenvalue weighted by Gasteiger charge is -2.00. The zero-order valence-electron chi connectivity index (χ0n) is 11.6. The van der Waals surface area contributed by atoms with Crippen molar-refractivity contribution in [1.82, 2.24) is 4.98 Å². The first-order valence-corrected chi connectivity index (χ1v) is 8.05. The van der Waals surface area contributed by atoms with Gasteiger partial charge < -0.3 is 9.73 Å². The van der Waals surface area contributed by atoms with Crippen LogP contribution in [-0.2, 0) is 4.79 Å². The van der Waals surface area contributed by atoms with Crippen LogP contribution >= 0.6 is 34.2 Å². The van der Waals surface area contributed by atoms with E-state index < -0.39 is 0 Å². The van der Waals surface area contributed by atoms with E-state index in [1.54, 1.807) is 30.3 Å². The van der Waals surface area contributed by atoms with Crippen LogP contribution in [0, 0.1) is 14.9 Å². The molecule has 23 heavy (non-hydrogen) atoms. The summed E-state index contributed by atoms with van der Waals surface area (Å²) in [5.41, 5.74) is 2.47. The van der Waals surface area contributed by atoms with Crippen molar-refractivity contribution < 1.29 is 9.21 Å². The molecule has 0 radical (unpaired) electrons. The van der Waals surface area contributed by atoms with Crippen LogP contribution in [0.5, 0.6) is 0 Å². The van der Waals surface area contributed by atoms with Gasteiger partial charge in [0.25, 0.3) is 0 Å². The van der Waals surface area contributed by atoms with Crippen LogP contribution in [0.2, 0.25) is 5.02 Å². The average molecular weight is 438 g/mol. The zero-order valence-corrected chi connectivity index (χ0v) is 14.6. The number of hydrogen-bond acceptors (Lipinski definition) is 4. The van der Waals surface area contributed by atoms with Crippen LogP contribution in [0.4, 0.5) is 5.69 Å². The van der Waals surface area contributed by atoms with Gasteiger partial charge in [-0.05, 0) is 59.0 Å². The van der Waals surface area contributed by atoms with E-state index in [4.69, 9.17) is 21.3 Å². The molecule has 0 saturated heterocycles. The van der Waals surface area contributed by atoms with Gasteiger partial charge in [0, 0.05) is 9.26 Å². The fraction of sp³-hybridized carbons (Fsp3) is 0.0625. The molecule has 2 aromatic carbocycles. The van der Waals surface area contributed by atoms with Crippen LogP contribution in [0.3, 0.4) is 0 Å². The molecular weight excluding hydrogens is 429 g/mol. The van der Waals surface area contributed by atoms with Crippen LogP contribution < -0.4 is 5.32 Å². The lowest BCUT2D eigenvalue weighted by atomic mass is 10.2. The van der Waals surface area contributed by atoms with Gasteiger partial charge in [-0.25, -0.2) is 4.98 Å². The summed E-state index contributed by atoms with van der Waals surface area (Å²) in [6, 6.07) is 12.5. The second-order valence-electron chi connectivity index (χ2n) is 4.71. The molecule has 0 aliphatic heterocycles. The molecule has 0 spiro atoms. The second kappa shape index (κ2) is 6.56. The summed E-state index contributed by atoms with van der Waals surface area (Å²) in [5, 5.41) is 11.7. The molecule has 0 bridgehead atoms. The molecule has 7 heteroatoms. The maximum atomic E-state index is 11.5. The van der Waals surface area contributed by atoms with Crippen molar-refractivity contribution in [2.24, 2.45) is 0 Å². The van der Waals surface area contributed by atoms with E-state index in [2.05, 4.69) is 32.9 Å². The predicted molar refractivity (Wildman–Crippen MR) is 96.0 cm³/mol. The highest BCUT2D eigenvalue weighted by Gasteiger charge is 2.13. The molecule has 0 fully saturated rings. The molecule has 0 atom stereocenters. The molecule has 0 unspecified atom stereocenters. The monoisotopic (exact) mass is 437 g/mol. The quantitative estimate of drug-likeness (QED) is 0.607. The molecule has 5 nitrogen and oxygen atoms in total. The van der Waals surface area contributed by atoms with Gasteiger partial charge >= 0.3 is 0 Å². The number of hydrogen-bond donors (Lipinski definition) is 1. The maximum Gasteiger partial charge on any atom is 0.238 e. The van der Waals surface area contributed by atoms with Crippen LogP contribution in [-0.4, -0.2) is 10.9 Å². The first-order valence-electron chi connectivity index (χ1n) is 6.59. The number of nitriles is 1. The van der Waals surface area contributed by atoms with Gasteiger partial charge in [0.2, 0.25) is 11.8 Å². The lowest BCUT2D eigenvalue weighted by Crippen LogP contribution is -2.09. The van der Waals surface area contributed by atoms with Gasteiger partial charge in [0.15, 0.2) is 5.58 Å². The summed E-state index contributed by atoms with van der Waals surface area (Å²) in [5.74, 6) is 0.0558. The van der Waals surface area contributed by atoms with E-state index in [0.717, 1.165) is 3.57 Å². The van der Waals surface area contributed by atoms with Crippen molar-refractivity contribution in [3.05, 3.63) is 45.0 Å². The highest BCUT2D eigenvalue weighted by atomic mass is 127. The third kappa shape index (κ3) is 3.46. The Kier molecular flexibility index (Phi) is 4.50. The number of carbonyl (C=O) groups excluding carboxylic acids is 1. The Hall–Kier alpha value is -2.11. The highest BCUT2D eigenvalue weighted by molar-refractivity contribution is 14.1. The fourth-order valence-electron chi connectivity index (χ4n) is 2.06. The number of rotatable bonds is 3. The highest BCUT2D eigenvalue weighted by Crippen LogP contribution is 2.32. The minimum Gasteiger partial charge on any atom is -0.436 e. The van der Waals surface area contributed by atoms with Gasteiger partial charge in [-0.1, -0.05) is 11.6 Å². The molecule has 1 N–H and O–H groups in total. The number of nitrogens with zero attached hydrogens (tertiary/aromatic N) is 2. The fourth-order valence-corrected chi connectivity index (χ4v) is 2.75. The Morgan fingerprint density at radius 3 is 2.96 bits per heavy atom. The van der Waals surface area contributed by atoms with E-state index in [1.807, 2.05) is 12.1 Å². The summed E-state index contributed by atoms with van der Waals surface area (Å²) in [4.78, 5) is 15.9. The van der Waals surface area contributed by atoms with Crippen molar-refractivity contribution in [1.29, 1.82) is 5.26 Å². The number of carbonyl (C=O) groups is 1. The lowest BCUT2D eigenvalue weighted by molar-refractivity contribution is -0.115. The second-order valence-corrected chi connectivity index (χ2v) is 6.36. The van der Waals surface area contributed by atoms with Gasteiger partial charge in [-0.15, -0.1) is 0 Å². The van der Waals surface area contributed by atoms with E-state index in [9.17, 15) is 4.79 Å². The number of aromatic nitrogens is 1. The Bertz CT molecular complexity index is 946. The van der Waals surface area contributed by atoms with Crippen LogP contribution in [0.15, 0.2) is 40.8 Å². The van der Waals surface area contributed by atoms with Gasteiger partial charge in [0.1, 0.15) is 11.9 Å². The standard InChI is InChI=1S/C16H9ClIN3O2/c17-12-3-1-9(18)7-11(12)16-21-13-8-10(2-4-14(13)23-16)20-15(22)5-6-19/h1-4,7-8H,5H2,(H,20,22). The molecule has 0 saturated carbocycles. The molecule has 3 rings (SSSR count). The summed E-state index contributed by atoms with van der Waals surface area (Å²) < 4.78 is 6.76. The summed E-state index contributed by atoms with van der Waals surface area (Å²) in [6.07, 6.45) is -0.194. The third-order valence-electron chi connectivity index (χ3n) is 3.07. The minimum atomic E-state index is -0.365. The van der Waals surface area contributed by atoms with E-state index in [-0.39, 0.29) is 12.3 Å². The Morgan fingerprint density at radius 1 is 1.35 bits per heavy atom. The van der Waals surface area contributed by atoms with E-state index in [1.165, 1.54) is 0 Å². The summed E-state index contributed by atoms with van der Waals surface area (Å²) in [6.45, 7) is 0. The topological polar surface area (TPSA) is 78.9 Å². The number of nitrogens with one attached hydrogen (secondary N) is 1. The first-order chi connectivity index (χ1) is 11.1. The number of benzene rings is 2. The molecule has 0 aliphatic rings. The van der Waals surface area contributed by atoms with Crippen molar-refractivity contribution >= 4 is 56.9 Å². The molecule has 1 amide bonds. The number of anilines is 1. The first kappa shape index (κ1) is 15.8. The van der Waals surface area contributed by atoms with Crippen LogP contribution in [0.25, 0.3) is 22.6 Å². The van der Waals surface area contributed by atoms with E-state index >= 15 is 0 Å². The number of fused-ring (bicyclic) bond motifs is 1.